The van der Waals surface area contributed by atoms with E-state index in [0.717, 1.165) is 22.6 Å². The second-order valence-corrected chi connectivity index (χ2v) is 8.15. The van der Waals surface area contributed by atoms with Gasteiger partial charge in [-0.15, -0.1) is 11.8 Å². The molecule has 1 heterocycles. The first kappa shape index (κ1) is 23.0. The largest absolute Gasteiger partial charge is 0.455 e. The zero-order valence-electron chi connectivity index (χ0n) is 17.0. The van der Waals surface area contributed by atoms with Crippen LogP contribution in [0.2, 0.25) is 0 Å². The van der Waals surface area contributed by atoms with Crippen LogP contribution in [0.1, 0.15) is 11.1 Å². The number of alkyl halides is 3. The number of carbonyl (C=O) groups is 2. The Balaban J connectivity index is 1.43. The van der Waals surface area contributed by atoms with E-state index in [4.69, 9.17) is 4.74 Å². The van der Waals surface area contributed by atoms with E-state index in [1.807, 2.05) is 36.1 Å². The third kappa shape index (κ3) is 6.40. The maximum atomic E-state index is 12.9. The van der Waals surface area contributed by atoms with Crippen molar-refractivity contribution in [2.24, 2.45) is 0 Å². The molecule has 0 aliphatic carbocycles. The van der Waals surface area contributed by atoms with Crippen molar-refractivity contribution in [3.8, 4) is 0 Å². The number of rotatable bonds is 6. The Bertz CT molecular complexity index is 928. The lowest BCUT2D eigenvalue weighted by Gasteiger charge is -2.36. The topological polar surface area (TPSA) is 49.9 Å². The molecule has 166 valence electrons. The number of nitrogens with zero attached hydrogens (tertiary/aromatic N) is 2. The lowest BCUT2D eigenvalue weighted by Crippen LogP contribution is -2.50. The minimum atomic E-state index is -4.39. The first-order valence-electron chi connectivity index (χ1n) is 9.78. The van der Waals surface area contributed by atoms with Crippen molar-refractivity contribution in [1.82, 2.24) is 4.90 Å². The molecule has 0 saturated carbocycles. The van der Waals surface area contributed by atoms with Gasteiger partial charge >= 0.3 is 12.1 Å². The number of piperazine rings is 1. The Labute approximate surface area is 183 Å². The Hall–Kier alpha value is -2.68. The van der Waals surface area contributed by atoms with Gasteiger partial charge in [0.05, 0.1) is 11.3 Å². The van der Waals surface area contributed by atoms with E-state index in [1.54, 1.807) is 11.0 Å². The van der Waals surface area contributed by atoms with E-state index in [9.17, 15) is 22.8 Å². The van der Waals surface area contributed by atoms with Gasteiger partial charge in [0.2, 0.25) is 0 Å². The maximum Gasteiger partial charge on any atom is 0.416 e. The molecule has 0 atom stereocenters. The van der Waals surface area contributed by atoms with Crippen LogP contribution >= 0.6 is 11.8 Å². The van der Waals surface area contributed by atoms with Crippen molar-refractivity contribution in [2.45, 2.75) is 18.0 Å². The first-order valence-corrected chi connectivity index (χ1v) is 10.8. The van der Waals surface area contributed by atoms with E-state index in [0.29, 0.717) is 31.9 Å². The molecule has 0 bridgehead atoms. The smallest absolute Gasteiger partial charge is 0.416 e. The van der Waals surface area contributed by atoms with Gasteiger partial charge in [0.1, 0.15) is 0 Å². The van der Waals surface area contributed by atoms with Crippen LogP contribution in [-0.4, -0.2) is 55.3 Å². The average Bonchev–Trinajstić information content (AvgIpc) is 2.76. The number of anilines is 1. The summed E-state index contributed by atoms with van der Waals surface area (Å²) in [4.78, 5) is 28.6. The van der Waals surface area contributed by atoms with Gasteiger partial charge in [0.15, 0.2) is 6.61 Å². The van der Waals surface area contributed by atoms with Gasteiger partial charge in [0, 0.05) is 36.8 Å². The van der Waals surface area contributed by atoms with Crippen LogP contribution in [0.25, 0.3) is 0 Å². The molecule has 2 aromatic rings. The van der Waals surface area contributed by atoms with Crippen LogP contribution in [0.3, 0.4) is 0 Å². The quantitative estimate of drug-likeness (QED) is 0.490. The number of hydrogen-bond donors (Lipinski definition) is 0. The molecular formula is C22H23F3N2O3S. The summed E-state index contributed by atoms with van der Waals surface area (Å²) in [5, 5.41) is 0. The van der Waals surface area contributed by atoms with Crippen molar-refractivity contribution in [3.63, 3.8) is 0 Å². The first-order chi connectivity index (χ1) is 14.7. The summed E-state index contributed by atoms with van der Waals surface area (Å²) in [6.07, 6.45) is -4.39. The number of halogens is 3. The lowest BCUT2D eigenvalue weighted by atomic mass is 10.1. The molecule has 1 aliphatic heterocycles. The molecule has 0 N–H and O–H groups in total. The van der Waals surface area contributed by atoms with Gasteiger partial charge in [0.25, 0.3) is 5.91 Å². The van der Waals surface area contributed by atoms with E-state index in [2.05, 4.69) is 0 Å². The highest BCUT2D eigenvalue weighted by molar-refractivity contribution is 8.00. The fourth-order valence-electron chi connectivity index (χ4n) is 3.22. The lowest BCUT2D eigenvalue weighted by molar-refractivity contribution is -0.150. The normalized spacial score (nSPS) is 14.5. The summed E-state index contributed by atoms with van der Waals surface area (Å²) in [6, 6.07) is 12.8. The van der Waals surface area contributed by atoms with Gasteiger partial charge in [-0.2, -0.15) is 13.2 Å². The molecule has 5 nitrogen and oxygen atoms in total. The molecule has 31 heavy (non-hydrogen) atoms. The van der Waals surface area contributed by atoms with E-state index >= 15 is 0 Å². The predicted octanol–water partition coefficient (Wildman–Crippen LogP) is 4.00. The Morgan fingerprint density at radius 1 is 1.03 bits per heavy atom. The predicted molar refractivity (Wildman–Crippen MR) is 113 cm³/mol. The second kappa shape index (κ2) is 10.1. The van der Waals surface area contributed by atoms with Crippen LogP contribution in [0.4, 0.5) is 18.9 Å². The minimum Gasteiger partial charge on any atom is -0.455 e. The summed E-state index contributed by atoms with van der Waals surface area (Å²) in [5.41, 5.74) is 0.843. The molecule has 9 heteroatoms. The van der Waals surface area contributed by atoms with Crippen molar-refractivity contribution < 1.29 is 27.5 Å². The molecular weight excluding hydrogens is 429 g/mol. The van der Waals surface area contributed by atoms with Crippen molar-refractivity contribution in [3.05, 3.63) is 59.7 Å². The Morgan fingerprint density at radius 2 is 1.74 bits per heavy atom. The Kier molecular flexibility index (Phi) is 7.48. The third-order valence-corrected chi connectivity index (χ3v) is 6.12. The molecule has 0 spiro atoms. The molecule has 0 radical (unpaired) electrons. The zero-order valence-corrected chi connectivity index (χ0v) is 17.8. The Morgan fingerprint density at radius 3 is 2.42 bits per heavy atom. The minimum absolute atomic E-state index is 0.113. The van der Waals surface area contributed by atoms with E-state index < -0.39 is 17.7 Å². The van der Waals surface area contributed by atoms with Crippen molar-refractivity contribution in [1.29, 1.82) is 0 Å². The van der Waals surface area contributed by atoms with Crippen LogP contribution < -0.4 is 4.90 Å². The fourth-order valence-corrected chi connectivity index (χ4v) is 4.05. The monoisotopic (exact) mass is 452 g/mol. The number of hydrogen-bond acceptors (Lipinski definition) is 5. The third-order valence-electron chi connectivity index (χ3n) is 4.97. The molecule has 1 fully saturated rings. The van der Waals surface area contributed by atoms with E-state index in [1.165, 1.54) is 17.8 Å². The summed E-state index contributed by atoms with van der Waals surface area (Å²) >= 11 is 1.36. The number of thioether (sulfide) groups is 1. The second-order valence-electron chi connectivity index (χ2n) is 7.13. The van der Waals surface area contributed by atoms with Crippen molar-refractivity contribution in [2.75, 3.05) is 43.4 Å². The van der Waals surface area contributed by atoms with Crippen LogP contribution in [0.5, 0.6) is 0 Å². The number of esters is 1. The van der Waals surface area contributed by atoms with Crippen LogP contribution in [-0.2, 0) is 20.5 Å². The number of carbonyl (C=O) groups excluding carboxylic acids is 2. The van der Waals surface area contributed by atoms with Crippen molar-refractivity contribution >= 4 is 29.3 Å². The highest BCUT2D eigenvalue weighted by Crippen LogP contribution is 2.31. The fraction of sp³-hybridized carbons (Fsp3) is 0.364. The van der Waals surface area contributed by atoms with Gasteiger partial charge in [-0.3, -0.25) is 9.59 Å². The standard InChI is InChI=1S/C22H23F3N2O3S/c1-16-5-2-3-8-19(16)31-15-21(29)30-14-20(28)27-11-9-26(10-12-27)18-7-4-6-17(13-18)22(23,24)25/h2-8,13H,9-12,14-15H2,1H3. The number of benzene rings is 2. The summed E-state index contributed by atoms with van der Waals surface area (Å²) in [5.74, 6) is -0.663. The highest BCUT2D eigenvalue weighted by Gasteiger charge is 2.31. The molecule has 0 unspecified atom stereocenters. The molecule has 3 rings (SSSR count). The van der Waals surface area contributed by atoms with Crippen LogP contribution in [0, 0.1) is 6.92 Å². The molecule has 2 aromatic carbocycles. The zero-order chi connectivity index (χ0) is 22.4. The van der Waals surface area contributed by atoms with Gasteiger partial charge in [-0.1, -0.05) is 24.3 Å². The maximum absolute atomic E-state index is 12.9. The highest BCUT2D eigenvalue weighted by atomic mass is 32.2. The molecule has 0 aromatic heterocycles. The number of amides is 1. The van der Waals surface area contributed by atoms with E-state index in [-0.39, 0.29) is 18.3 Å². The van der Waals surface area contributed by atoms with Gasteiger partial charge in [-0.05, 0) is 36.8 Å². The summed E-state index contributed by atoms with van der Waals surface area (Å²) in [7, 11) is 0. The summed E-state index contributed by atoms with van der Waals surface area (Å²) < 4.78 is 43.8. The molecule has 1 amide bonds. The van der Waals surface area contributed by atoms with Gasteiger partial charge < -0.3 is 14.5 Å². The number of ether oxygens (including phenoxy) is 1. The number of aryl methyl sites for hydroxylation is 1. The average molecular weight is 452 g/mol. The summed E-state index contributed by atoms with van der Waals surface area (Å²) in [6.45, 7) is 3.14. The molecule has 1 aliphatic rings. The van der Waals surface area contributed by atoms with Crippen LogP contribution in [0.15, 0.2) is 53.4 Å². The molecule has 1 saturated heterocycles. The SMILES string of the molecule is Cc1ccccc1SCC(=O)OCC(=O)N1CCN(c2cccc(C(F)(F)F)c2)CC1. The van der Waals surface area contributed by atoms with Gasteiger partial charge in [-0.25, -0.2) is 0 Å².